The molecule has 0 spiro atoms. The Balaban J connectivity index is 1.52. The number of nitrogens with zero attached hydrogens (tertiary/aromatic N) is 1. The number of rotatable bonds is 3. The van der Waals surface area contributed by atoms with Gasteiger partial charge >= 0.3 is 0 Å². The number of hydrogen-bond donors (Lipinski definition) is 0. The number of amides is 1. The highest BCUT2D eigenvalue weighted by atomic mass is 16.6. The fourth-order valence-corrected chi connectivity index (χ4v) is 3.47. The topological polar surface area (TPSA) is 38.8 Å². The summed E-state index contributed by atoms with van der Waals surface area (Å²) in [5.41, 5.74) is 2.15. The third-order valence-corrected chi connectivity index (χ3v) is 4.70. The van der Waals surface area contributed by atoms with Crippen LogP contribution in [0.1, 0.15) is 30.0 Å². The second kappa shape index (κ2) is 7.01. The summed E-state index contributed by atoms with van der Waals surface area (Å²) < 4.78 is 11.3. The normalized spacial score (nSPS) is 19.4. The Bertz CT molecular complexity index is 785. The Morgan fingerprint density at radius 2 is 1.84 bits per heavy atom. The van der Waals surface area contributed by atoms with Crippen LogP contribution in [0.2, 0.25) is 0 Å². The molecule has 1 amide bonds. The molecule has 1 saturated heterocycles. The van der Waals surface area contributed by atoms with E-state index in [1.54, 1.807) is 6.08 Å². The summed E-state index contributed by atoms with van der Waals surface area (Å²) in [5, 5.41) is 0. The third kappa shape index (κ3) is 3.38. The molecule has 2 aliphatic heterocycles. The quantitative estimate of drug-likeness (QED) is 0.800. The fraction of sp³-hybridized carbons (Fsp3) is 0.286. The zero-order valence-corrected chi connectivity index (χ0v) is 14.1. The van der Waals surface area contributed by atoms with Crippen molar-refractivity contribution in [2.75, 3.05) is 19.8 Å². The lowest BCUT2D eigenvalue weighted by atomic mass is 10.0. The highest BCUT2D eigenvalue weighted by molar-refractivity contribution is 5.92. The van der Waals surface area contributed by atoms with E-state index in [2.05, 4.69) is 0 Å². The Kier molecular flexibility index (Phi) is 4.42. The van der Waals surface area contributed by atoms with Crippen molar-refractivity contribution in [1.82, 2.24) is 4.90 Å². The van der Waals surface area contributed by atoms with Crippen LogP contribution in [0.15, 0.2) is 54.6 Å². The van der Waals surface area contributed by atoms with Crippen molar-refractivity contribution >= 4 is 12.0 Å². The van der Waals surface area contributed by atoms with Gasteiger partial charge in [0.25, 0.3) is 0 Å². The number of benzene rings is 2. The van der Waals surface area contributed by atoms with Gasteiger partial charge in [-0.1, -0.05) is 36.4 Å². The molecule has 0 radical (unpaired) electrons. The maximum Gasteiger partial charge on any atom is 0.247 e. The van der Waals surface area contributed by atoms with Crippen molar-refractivity contribution in [1.29, 1.82) is 0 Å². The van der Waals surface area contributed by atoms with Crippen LogP contribution in [0, 0.1) is 0 Å². The van der Waals surface area contributed by atoms with Crippen LogP contribution in [-0.2, 0) is 4.79 Å². The zero-order chi connectivity index (χ0) is 17.1. The maximum absolute atomic E-state index is 12.7. The van der Waals surface area contributed by atoms with Crippen LogP contribution in [0.5, 0.6) is 11.5 Å². The minimum Gasteiger partial charge on any atom is -0.486 e. The van der Waals surface area contributed by atoms with Crippen LogP contribution in [0.25, 0.3) is 6.08 Å². The number of carbonyl (C=O) groups excluding carboxylic acids is 1. The van der Waals surface area contributed by atoms with Gasteiger partial charge in [0.1, 0.15) is 13.2 Å². The number of fused-ring (bicyclic) bond motifs is 1. The van der Waals surface area contributed by atoms with Crippen molar-refractivity contribution < 1.29 is 14.3 Å². The van der Waals surface area contributed by atoms with E-state index < -0.39 is 0 Å². The van der Waals surface area contributed by atoms with Crippen molar-refractivity contribution in [2.24, 2.45) is 0 Å². The molecule has 0 aliphatic carbocycles. The van der Waals surface area contributed by atoms with Gasteiger partial charge in [-0.05, 0) is 42.2 Å². The molecule has 2 heterocycles. The summed E-state index contributed by atoms with van der Waals surface area (Å²) in [5.74, 6) is 1.62. The molecule has 2 aromatic carbocycles. The van der Waals surface area contributed by atoms with E-state index in [0.29, 0.717) is 13.2 Å². The fourth-order valence-electron chi connectivity index (χ4n) is 3.47. The van der Waals surface area contributed by atoms with Gasteiger partial charge in [-0.25, -0.2) is 0 Å². The Labute approximate surface area is 147 Å². The molecule has 4 heteroatoms. The number of hydrogen-bond acceptors (Lipinski definition) is 3. The molecule has 1 unspecified atom stereocenters. The van der Waals surface area contributed by atoms with E-state index in [0.717, 1.165) is 42.0 Å². The molecular weight excluding hydrogens is 314 g/mol. The average molecular weight is 335 g/mol. The largest absolute Gasteiger partial charge is 0.486 e. The van der Waals surface area contributed by atoms with E-state index >= 15 is 0 Å². The first-order valence-electron chi connectivity index (χ1n) is 8.74. The van der Waals surface area contributed by atoms with E-state index in [9.17, 15) is 4.79 Å². The monoisotopic (exact) mass is 335 g/mol. The second-order valence-electron chi connectivity index (χ2n) is 6.34. The van der Waals surface area contributed by atoms with Gasteiger partial charge in [-0.2, -0.15) is 0 Å². The predicted molar refractivity (Wildman–Crippen MR) is 96.6 cm³/mol. The van der Waals surface area contributed by atoms with E-state index in [1.165, 1.54) is 0 Å². The maximum atomic E-state index is 12.7. The van der Waals surface area contributed by atoms with Crippen molar-refractivity contribution in [2.45, 2.75) is 18.9 Å². The standard InChI is InChI=1S/C21H21NO3/c23-21(11-8-16-5-2-1-3-6-16)22-12-4-7-18(22)17-9-10-19-20(15-17)25-14-13-24-19/h1-3,5-6,8-11,15,18H,4,7,12-14H2/b11-8+. The summed E-state index contributed by atoms with van der Waals surface area (Å²) in [6, 6.07) is 16.0. The van der Waals surface area contributed by atoms with Crippen LogP contribution in [0.4, 0.5) is 0 Å². The molecule has 0 aromatic heterocycles. The van der Waals surface area contributed by atoms with E-state index in [-0.39, 0.29) is 11.9 Å². The summed E-state index contributed by atoms with van der Waals surface area (Å²) >= 11 is 0. The lowest BCUT2D eigenvalue weighted by Gasteiger charge is -2.26. The van der Waals surface area contributed by atoms with Gasteiger partial charge < -0.3 is 14.4 Å². The van der Waals surface area contributed by atoms with Crippen molar-refractivity contribution in [3.8, 4) is 11.5 Å². The molecule has 1 atom stereocenters. The highest BCUT2D eigenvalue weighted by Gasteiger charge is 2.29. The predicted octanol–water partition coefficient (Wildman–Crippen LogP) is 3.83. The molecule has 0 bridgehead atoms. The molecule has 0 saturated carbocycles. The lowest BCUT2D eigenvalue weighted by molar-refractivity contribution is -0.126. The smallest absolute Gasteiger partial charge is 0.247 e. The van der Waals surface area contributed by atoms with Gasteiger partial charge in [0.2, 0.25) is 5.91 Å². The average Bonchev–Trinajstić information content (AvgIpc) is 3.16. The van der Waals surface area contributed by atoms with Gasteiger partial charge in [-0.3, -0.25) is 4.79 Å². The molecule has 25 heavy (non-hydrogen) atoms. The second-order valence-corrected chi connectivity index (χ2v) is 6.34. The third-order valence-electron chi connectivity index (χ3n) is 4.70. The van der Waals surface area contributed by atoms with Gasteiger partial charge in [0.05, 0.1) is 6.04 Å². The molecule has 1 fully saturated rings. The lowest BCUT2D eigenvalue weighted by Crippen LogP contribution is -2.29. The van der Waals surface area contributed by atoms with Crippen LogP contribution in [-0.4, -0.2) is 30.6 Å². The molecule has 128 valence electrons. The molecule has 2 aliphatic rings. The van der Waals surface area contributed by atoms with Gasteiger partial charge in [0, 0.05) is 12.6 Å². The van der Waals surface area contributed by atoms with Gasteiger partial charge in [-0.15, -0.1) is 0 Å². The van der Waals surface area contributed by atoms with Crippen LogP contribution < -0.4 is 9.47 Å². The molecule has 2 aromatic rings. The molecule has 4 rings (SSSR count). The van der Waals surface area contributed by atoms with Crippen LogP contribution >= 0.6 is 0 Å². The highest BCUT2D eigenvalue weighted by Crippen LogP contribution is 2.38. The first-order chi connectivity index (χ1) is 12.3. The summed E-state index contributed by atoms with van der Waals surface area (Å²) in [4.78, 5) is 14.6. The first kappa shape index (κ1) is 15.8. The number of likely N-dealkylation sites (tertiary alicyclic amines) is 1. The molecular formula is C21H21NO3. The summed E-state index contributed by atoms with van der Waals surface area (Å²) in [7, 11) is 0. The van der Waals surface area contributed by atoms with Gasteiger partial charge in [0.15, 0.2) is 11.5 Å². The Morgan fingerprint density at radius 1 is 1.04 bits per heavy atom. The van der Waals surface area contributed by atoms with Crippen molar-refractivity contribution in [3.05, 3.63) is 65.7 Å². The summed E-state index contributed by atoms with van der Waals surface area (Å²) in [6.07, 6.45) is 5.54. The first-order valence-corrected chi connectivity index (χ1v) is 8.74. The minimum atomic E-state index is 0.0567. The summed E-state index contributed by atoms with van der Waals surface area (Å²) in [6.45, 7) is 1.95. The Hall–Kier alpha value is -2.75. The molecule has 4 nitrogen and oxygen atoms in total. The van der Waals surface area contributed by atoms with E-state index in [4.69, 9.17) is 9.47 Å². The van der Waals surface area contributed by atoms with Crippen LogP contribution in [0.3, 0.4) is 0 Å². The number of carbonyl (C=O) groups is 1. The SMILES string of the molecule is O=C(/C=C/c1ccccc1)N1CCCC1c1ccc2c(c1)OCCO2. The minimum absolute atomic E-state index is 0.0567. The van der Waals surface area contributed by atoms with Crippen molar-refractivity contribution in [3.63, 3.8) is 0 Å². The zero-order valence-electron chi connectivity index (χ0n) is 14.1. The Morgan fingerprint density at radius 3 is 2.68 bits per heavy atom. The van der Waals surface area contributed by atoms with E-state index in [1.807, 2.05) is 59.5 Å². The molecule has 0 N–H and O–H groups in total. The number of ether oxygens (including phenoxy) is 2.